The zero-order valence-corrected chi connectivity index (χ0v) is 15.9. The molecule has 1 atom stereocenters. The summed E-state index contributed by atoms with van der Waals surface area (Å²) in [5.74, 6) is 1.23. The molecule has 0 spiro atoms. The summed E-state index contributed by atoms with van der Waals surface area (Å²) in [5.41, 5.74) is 4.58. The SMILES string of the molecule is Cc1ccc(O[C@H]2CCN(c3ccc(C4CCOCC4)cc3CO)C2)nc1. The Morgan fingerprint density at radius 3 is 2.78 bits per heavy atom. The topological polar surface area (TPSA) is 54.8 Å². The lowest BCUT2D eigenvalue weighted by Gasteiger charge is -2.26. The number of benzene rings is 1. The van der Waals surface area contributed by atoms with Crippen LogP contribution in [0.2, 0.25) is 0 Å². The third-order valence-electron chi connectivity index (χ3n) is 5.62. The molecule has 0 aliphatic carbocycles. The van der Waals surface area contributed by atoms with Crippen molar-refractivity contribution >= 4 is 5.69 Å². The molecule has 27 heavy (non-hydrogen) atoms. The van der Waals surface area contributed by atoms with Crippen molar-refractivity contribution in [3.8, 4) is 5.88 Å². The van der Waals surface area contributed by atoms with Gasteiger partial charge in [-0.25, -0.2) is 4.98 Å². The number of aliphatic hydroxyl groups is 1. The number of anilines is 1. The van der Waals surface area contributed by atoms with Gasteiger partial charge in [0.1, 0.15) is 6.10 Å². The average molecular weight is 368 g/mol. The fourth-order valence-corrected chi connectivity index (χ4v) is 4.06. The van der Waals surface area contributed by atoms with E-state index in [1.54, 1.807) is 0 Å². The first-order chi connectivity index (χ1) is 13.2. The van der Waals surface area contributed by atoms with Crippen LogP contribution in [0.1, 0.15) is 41.9 Å². The standard InChI is InChI=1S/C22H28N2O3/c1-16-2-5-22(23-13-16)27-20-6-9-24(14-20)21-4-3-18(12-19(21)15-25)17-7-10-26-11-8-17/h2-5,12-13,17,20,25H,6-11,14-15H2,1H3/t20-/m0/s1. The predicted molar refractivity (Wildman–Crippen MR) is 105 cm³/mol. The van der Waals surface area contributed by atoms with Crippen LogP contribution in [0.15, 0.2) is 36.5 Å². The van der Waals surface area contributed by atoms with Gasteiger partial charge in [-0.15, -0.1) is 0 Å². The predicted octanol–water partition coefficient (Wildman–Crippen LogP) is 3.43. The summed E-state index contributed by atoms with van der Waals surface area (Å²) in [6, 6.07) is 10.5. The number of aromatic nitrogens is 1. The molecule has 0 radical (unpaired) electrons. The van der Waals surface area contributed by atoms with Gasteiger partial charge >= 0.3 is 0 Å². The summed E-state index contributed by atoms with van der Waals surface area (Å²) < 4.78 is 11.5. The van der Waals surface area contributed by atoms with E-state index < -0.39 is 0 Å². The van der Waals surface area contributed by atoms with Crippen molar-refractivity contribution in [3.05, 3.63) is 53.2 Å². The molecule has 2 fully saturated rings. The number of hydrogen-bond donors (Lipinski definition) is 1. The van der Waals surface area contributed by atoms with E-state index in [1.807, 2.05) is 25.3 Å². The zero-order chi connectivity index (χ0) is 18.6. The molecule has 1 aromatic heterocycles. The van der Waals surface area contributed by atoms with Gasteiger partial charge in [0.15, 0.2) is 0 Å². The van der Waals surface area contributed by atoms with Gasteiger partial charge in [-0.2, -0.15) is 0 Å². The van der Waals surface area contributed by atoms with Crippen molar-refractivity contribution in [3.63, 3.8) is 0 Å². The first-order valence-electron chi connectivity index (χ1n) is 9.88. The van der Waals surface area contributed by atoms with Crippen LogP contribution in [0.5, 0.6) is 5.88 Å². The summed E-state index contributed by atoms with van der Waals surface area (Å²) >= 11 is 0. The van der Waals surface area contributed by atoms with Crippen LogP contribution in [-0.4, -0.2) is 42.5 Å². The molecule has 0 saturated carbocycles. The summed E-state index contributed by atoms with van der Waals surface area (Å²) in [6.45, 7) is 5.50. The maximum absolute atomic E-state index is 9.94. The number of nitrogens with zero attached hydrogens (tertiary/aromatic N) is 2. The Morgan fingerprint density at radius 2 is 2.04 bits per heavy atom. The molecule has 4 rings (SSSR count). The molecule has 2 aliphatic heterocycles. The lowest BCUT2D eigenvalue weighted by Crippen LogP contribution is -2.25. The molecule has 2 saturated heterocycles. The second-order valence-corrected chi connectivity index (χ2v) is 7.58. The monoisotopic (exact) mass is 368 g/mol. The summed E-state index contributed by atoms with van der Waals surface area (Å²) in [6.07, 6.45) is 5.05. The van der Waals surface area contributed by atoms with Gasteiger partial charge in [0.25, 0.3) is 0 Å². The maximum Gasteiger partial charge on any atom is 0.213 e. The van der Waals surface area contributed by atoms with Crippen molar-refractivity contribution in [2.45, 2.75) is 44.8 Å². The highest BCUT2D eigenvalue weighted by Crippen LogP contribution is 2.32. The third kappa shape index (κ3) is 4.25. The van der Waals surface area contributed by atoms with Crippen LogP contribution < -0.4 is 9.64 Å². The van der Waals surface area contributed by atoms with Crippen LogP contribution in [0, 0.1) is 6.92 Å². The van der Waals surface area contributed by atoms with Crippen LogP contribution in [-0.2, 0) is 11.3 Å². The van der Waals surface area contributed by atoms with E-state index >= 15 is 0 Å². The second kappa shape index (κ2) is 8.28. The summed E-state index contributed by atoms with van der Waals surface area (Å²) in [4.78, 5) is 6.66. The molecule has 1 N–H and O–H groups in total. The lowest BCUT2D eigenvalue weighted by atomic mass is 9.90. The normalized spacial score (nSPS) is 20.8. The fourth-order valence-electron chi connectivity index (χ4n) is 4.06. The van der Waals surface area contributed by atoms with Gasteiger partial charge in [-0.3, -0.25) is 0 Å². The maximum atomic E-state index is 9.94. The Balaban J connectivity index is 1.44. The number of rotatable bonds is 5. The highest BCUT2D eigenvalue weighted by atomic mass is 16.5. The number of ether oxygens (including phenoxy) is 2. The number of aryl methyl sites for hydroxylation is 1. The average Bonchev–Trinajstić information content (AvgIpc) is 3.18. The van der Waals surface area contributed by atoms with Gasteiger partial charge in [-0.05, 0) is 42.9 Å². The van der Waals surface area contributed by atoms with Crippen LogP contribution in [0.25, 0.3) is 0 Å². The van der Waals surface area contributed by atoms with Crippen LogP contribution >= 0.6 is 0 Å². The molecular formula is C22H28N2O3. The van der Waals surface area contributed by atoms with Crippen LogP contribution in [0.4, 0.5) is 5.69 Å². The molecule has 3 heterocycles. The van der Waals surface area contributed by atoms with E-state index in [1.165, 1.54) is 5.56 Å². The molecule has 5 nitrogen and oxygen atoms in total. The quantitative estimate of drug-likeness (QED) is 0.876. The van der Waals surface area contributed by atoms with E-state index in [2.05, 4.69) is 28.1 Å². The number of hydrogen-bond acceptors (Lipinski definition) is 5. The Morgan fingerprint density at radius 1 is 1.19 bits per heavy atom. The zero-order valence-electron chi connectivity index (χ0n) is 15.9. The van der Waals surface area contributed by atoms with Crippen molar-refractivity contribution in [2.24, 2.45) is 0 Å². The highest BCUT2D eigenvalue weighted by Gasteiger charge is 2.26. The molecule has 0 amide bonds. The number of aliphatic hydroxyl groups excluding tert-OH is 1. The van der Waals surface area contributed by atoms with E-state index in [9.17, 15) is 5.11 Å². The largest absolute Gasteiger partial charge is 0.472 e. The summed E-state index contributed by atoms with van der Waals surface area (Å²) in [5, 5.41) is 9.94. The minimum absolute atomic E-state index is 0.0634. The van der Waals surface area contributed by atoms with Gasteiger partial charge in [0.05, 0.1) is 13.2 Å². The molecule has 2 aromatic rings. The molecule has 0 bridgehead atoms. The molecular weight excluding hydrogens is 340 g/mol. The Kier molecular flexibility index (Phi) is 5.60. The second-order valence-electron chi connectivity index (χ2n) is 7.58. The van der Waals surface area contributed by atoms with Gasteiger partial charge in [-0.1, -0.05) is 18.2 Å². The Labute approximate surface area is 160 Å². The highest BCUT2D eigenvalue weighted by molar-refractivity contribution is 5.56. The minimum Gasteiger partial charge on any atom is -0.472 e. The molecule has 144 valence electrons. The lowest BCUT2D eigenvalue weighted by molar-refractivity contribution is 0.0853. The third-order valence-corrected chi connectivity index (χ3v) is 5.62. The van der Waals surface area contributed by atoms with Crippen LogP contribution in [0.3, 0.4) is 0 Å². The van der Waals surface area contributed by atoms with E-state index in [-0.39, 0.29) is 12.7 Å². The Hall–Kier alpha value is -2.11. The first-order valence-corrected chi connectivity index (χ1v) is 9.88. The fraction of sp³-hybridized carbons (Fsp3) is 0.500. The van der Waals surface area contributed by atoms with E-state index in [0.29, 0.717) is 11.8 Å². The van der Waals surface area contributed by atoms with Crippen molar-refractivity contribution in [1.29, 1.82) is 0 Å². The molecule has 0 unspecified atom stereocenters. The summed E-state index contributed by atoms with van der Waals surface area (Å²) in [7, 11) is 0. The van der Waals surface area contributed by atoms with Crippen molar-refractivity contribution in [1.82, 2.24) is 4.98 Å². The van der Waals surface area contributed by atoms with E-state index in [4.69, 9.17) is 9.47 Å². The minimum atomic E-state index is 0.0634. The van der Waals surface area contributed by atoms with Crippen molar-refractivity contribution < 1.29 is 14.6 Å². The number of pyridine rings is 1. The molecule has 5 heteroatoms. The van der Waals surface area contributed by atoms with E-state index in [0.717, 1.165) is 62.4 Å². The first kappa shape index (κ1) is 18.3. The van der Waals surface area contributed by atoms with Crippen molar-refractivity contribution in [2.75, 3.05) is 31.2 Å². The Bertz CT molecular complexity index is 757. The van der Waals surface area contributed by atoms with Gasteiger partial charge in [0.2, 0.25) is 5.88 Å². The molecule has 1 aromatic carbocycles. The van der Waals surface area contributed by atoms with Gasteiger partial charge in [0, 0.05) is 49.7 Å². The van der Waals surface area contributed by atoms with Gasteiger partial charge < -0.3 is 19.5 Å². The smallest absolute Gasteiger partial charge is 0.213 e. The molecule has 2 aliphatic rings.